The molecule has 0 amide bonds. The van der Waals surface area contributed by atoms with Gasteiger partial charge in [-0.25, -0.2) is 0 Å². The van der Waals surface area contributed by atoms with E-state index in [2.05, 4.69) is 50.8 Å². The lowest BCUT2D eigenvalue weighted by Crippen LogP contribution is -2.26. The molecule has 2 heteroatoms. The van der Waals surface area contributed by atoms with E-state index in [-0.39, 0.29) is 5.48 Å². The molecule has 0 radical (unpaired) electrons. The van der Waals surface area contributed by atoms with Crippen molar-refractivity contribution in [2.45, 2.75) is 240 Å². The first kappa shape index (κ1) is 46.1. The van der Waals surface area contributed by atoms with Gasteiger partial charge < -0.3 is 5.48 Å². The van der Waals surface area contributed by atoms with Crippen LogP contribution in [0.1, 0.15) is 236 Å². The maximum absolute atomic E-state index is 2.79. The van der Waals surface area contributed by atoms with Crippen molar-refractivity contribution in [1.82, 2.24) is 4.90 Å². The highest BCUT2D eigenvalue weighted by Crippen LogP contribution is 2.19. The summed E-state index contributed by atoms with van der Waals surface area (Å²) in [6.07, 6.45) is 46.4. The van der Waals surface area contributed by atoms with E-state index in [9.17, 15) is 0 Å². The Balaban J connectivity index is 0.0000212. The Morgan fingerprint density at radius 3 is 0.957 bits per heavy atom. The molecule has 1 rings (SSSR count). The van der Waals surface area contributed by atoms with Crippen LogP contribution in [0.3, 0.4) is 0 Å². The summed E-state index contributed by atoms with van der Waals surface area (Å²) in [6, 6.07) is 6.91. The zero-order valence-corrected chi connectivity index (χ0v) is 32.9. The fourth-order valence-electron chi connectivity index (χ4n) is 7.26. The second kappa shape index (κ2) is 36.4. The number of nitrogens with zero attached hydrogens (tertiary/aromatic N) is 1. The Bertz CT molecular complexity index is 709. The van der Waals surface area contributed by atoms with Crippen molar-refractivity contribution in [2.24, 2.45) is 0 Å². The van der Waals surface area contributed by atoms with Crippen LogP contribution in [-0.2, 0) is 6.54 Å². The van der Waals surface area contributed by atoms with E-state index in [4.69, 9.17) is 0 Å². The van der Waals surface area contributed by atoms with E-state index in [1.165, 1.54) is 230 Å². The number of unbranched alkanes of at least 4 members (excludes halogenated alkanes) is 30. The minimum atomic E-state index is 0. The molecule has 2 nitrogen and oxygen atoms in total. The second-order valence-electron chi connectivity index (χ2n) is 15.2. The van der Waals surface area contributed by atoms with Crippen molar-refractivity contribution in [2.75, 3.05) is 13.1 Å². The number of benzene rings is 1. The van der Waals surface area contributed by atoms with Crippen molar-refractivity contribution in [3.8, 4) is 0 Å². The molecular weight excluding hydrogens is 571 g/mol. The standard InChI is InChI=1S/C45H85N.H2O/c1-5-7-9-11-13-15-17-19-21-23-25-27-29-31-33-35-40-46(42-45-39-37-38-43(3)44(45)4)41-36-34-32-30-28-26-24-22-20-18-16-14-12-10-8-6-2;/h37-39H,5-36,40-42H2,1-4H3;1H2. The summed E-state index contributed by atoms with van der Waals surface area (Å²) in [4.78, 5) is 2.79. The van der Waals surface area contributed by atoms with Gasteiger partial charge in [-0.3, -0.25) is 4.90 Å². The molecule has 278 valence electrons. The van der Waals surface area contributed by atoms with Crippen LogP contribution in [0.2, 0.25) is 0 Å². The lowest BCUT2D eigenvalue weighted by atomic mass is 10.0. The molecule has 1 aromatic rings. The Kier molecular flexibility index (Phi) is 35.8. The predicted molar refractivity (Wildman–Crippen MR) is 214 cm³/mol. The zero-order chi connectivity index (χ0) is 33.2. The molecule has 0 atom stereocenters. The van der Waals surface area contributed by atoms with Gasteiger partial charge in [-0.1, -0.05) is 225 Å². The van der Waals surface area contributed by atoms with Crippen molar-refractivity contribution in [1.29, 1.82) is 0 Å². The highest BCUT2D eigenvalue weighted by molar-refractivity contribution is 5.33. The first-order valence-corrected chi connectivity index (χ1v) is 21.5. The Morgan fingerprint density at radius 2 is 0.660 bits per heavy atom. The summed E-state index contributed by atoms with van der Waals surface area (Å²) in [7, 11) is 0. The SMILES string of the molecule is CCCCCCCCCCCCCCCCCCN(CCCCCCCCCCCCCCCCCC)Cc1cccc(C)c1C.O. The normalized spacial score (nSPS) is 11.4. The molecule has 2 N–H and O–H groups in total. The largest absolute Gasteiger partial charge is 0.412 e. The summed E-state index contributed by atoms with van der Waals surface area (Å²) in [5, 5.41) is 0. The van der Waals surface area contributed by atoms with Gasteiger partial charge in [0.1, 0.15) is 0 Å². The van der Waals surface area contributed by atoms with E-state index in [1.54, 1.807) is 5.56 Å². The molecule has 0 bridgehead atoms. The van der Waals surface area contributed by atoms with Gasteiger partial charge in [-0.05, 0) is 56.5 Å². The van der Waals surface area contributed by atoms with Crippen LogP contribution in [0, 0.1) is 13.8 Å². The van der Waals surface area contributed by atoms with Crippen LogP contribution in [0.25, 0.3) is 0 Å². The van der Waals surface area contributed by atoms with Gasteiger partial charge >= 0.3 is 0 Å². The van der Waals surface area contributed by atoms with Gasteiger partial charge in [0.25, 0.3) is 0 Å². The van der Waals surface area contributed by atoms with E-state index >= 15 is 0 Å². The molecule has 0 aliphatic carbocycles. The van der Waals surface area contributed by atoms with Crippen LogP contribution in [0.4, 0.5) is 0 Å². The molecule has 0 heterocycles. The molecule has 0 spiro atoms. The van der Waals surface area contributed by atoms with E-state index in [0.29, 0.717) is 0 Å². The Hall–Kier alpha value is -0.860. The molecule has 0 aliphatic heterocycles. The number of hydrogen-bond donors (Lipinski definition) is 0. The second-order valence-corrected chi connectivity index (χ2v) is 15.2. The van der Waals surface area contributed by atoms with Gasteiger partial charge in [-0.15, -0.1) is 0 Å². The molecular formula is C45H87NO. The van der Waals surface area contributed by atoms with Gasteiger partial charge in [0.2, 0.25) is 0 Å². The summed E-state index contributed by atoms with van der Waals surface area (Å²) >= 11 is 0. The molecule has 0 fully saturated rings. The van der Waals surface area contributed by atoms with Crippen molar-refractivity contribution < 1.29 is 5.48 Å². The highest BCUT2D eigenvalue weighted by Gasteiger charge is 2.09. The van der Waals surface area contributed by atoms with Crippen LogP contribution >= 0.6 is 0 Å². The average Bonchev–Trinajstić information content (AvgIpc) is 3.06. The summed E-state index contributed by atoms with van der Waals surface area (Å²) in [5.74, 6) is 0. The minimum absolute atomic E-state index is 0. The van der Waals surface area contributed by atoms with Crippen LogP contribution in [0.15, 0.2) is 18.2 Å². The zero-order valence-electron chi connectivity index (χ0n) is 32.9. The quantitative estimate of drug-likeness (QED) is 0.0661. The molecule has 0 saturated heterocycles. The molecule has 0 aliphatic rings. The van der Waals surface area contributed by atoms with E-state index < -0.39 is 0 Å². The average molecular weight is 658 g/mol. The van der Waals surface area contributed by atoms with E-state index in [1.807, 2.05) is 0 Å². The third-order valence-corrected chi connectivity index (χ3v) is 10.8. The topological polar surface area (TPSA) is 34.7 Å². The maximum atomic E-state index is 2.79. The van der Waals surface area contributed by atoms with Gasteiger partial charge in [0.15, 0.2) is 0 Å². The first-order chi connectivity index (χ1) is 22.7. The van der Waals surface area contributed by atoms with E-state index in [0.717, 1.165) is 6.54 Å². The lowest BCUT2D eigenvalue weighted by molar-refractivity contribution is 0.251. The summed E-state index contributed by atoms with van der Waals surface area (Å²) < 4.78 is 0. The maximum Gasteiger partial charge on any atom is 0.0236 e. The summed E-state index contributed by atoms with van der Waals surface area (Å²) in [5.41, 5.74) is 4.50. The lowest BCUT2D eigenvalue weighted by Gasteiger charge is -2.24. The van der Waals surface area contributed by atoms with Gasteiger partial charge in [0, 0.05) is 6.54 Å². The molecule has 47 heavy (non-hydrogen) atoms. The monoisotopic (exact) mass is 658 g/mol. The molecule has 0 unspecified atom stereocenters. The van der Waals surface area contributed by atoms with Crippen LogP contribution in [-0.4, -0.2) is 23.5 Å². The Labute approximate surface area is 297 Å². The molecule has 0 saturated carbocycles. The molecule has 1 aromatic carbocycles. The fraction of sp³-hybridized carbons (Fsp3) is 0.867. The van der Waals surface area contributed by atoms with Crippen molar-refractivity contribution in [3.05, 3.63) is 34.9 Å². The van der Waals surface area contributed by atoms with Crippen molar-refractivity contribution in [3.63, 3.8) is 0 Å². The number of rotatable bonds is 36. The van der Waals surface area contributed by atoms with Gasteiger partial charge in [-0.2, -0.15) is 0 Å². The molecule has 0 aromatic heterocycles. The summed E-state index contributed by atoms with van der Waals surface area (Å²) in [6.45, 7) is 12.9. The number of hydrogen-bond acceptors (Lipinski definition) is 1. The first-order valence-electron chi connectivity index (χ1n) is 21.5. The Morgan fingerprint density at radius 1 is 0.383 bits per heavy atom. The van der Waals surface area contributed by atoms with Crippen LogP contribution < -0.4 is 0 Å². The van der Waals surface area contributed by atoms with Crippen molar-refractivity contribution >= 4 is 0 Å². The minimum Gasteiger partial charge on any atom is -0.412 e. The van der Waals surface area contributed by atoms with Gasteiger partial charge in [0.05, 0.1) is 0 Å². The third-order valence-electron chi connectivity index (χ3n) is 10.8. The fourth-order valence-corrected chi connectivity index (χ4v) is 7.26. The predicted octanol–water partition coefficient (Wildman–Crippen LogP) is 14.8. The third kappa shape index (κ3) is 29.7. The van der Waals surface area contributed by atoms with Crippen LogP contribution in [0.5, 0.6) is 0 Å². The number of aryl methyl sites for hydroxylation is 1. The highest BCUT2D eigenvalue weighted by atomic mass is 16.0. The smallest absolute Gasteiger partial charge is 0.0236 e.